The fourth-order valence-corrected chi connectivity index (χ4v) is 2.38. The highest BCUT2D eigenvalue weighted by atomic mass is 35.7. The Kier molecular flexibility index (Phi) is 4.01. The van der Waals surface area contributed by atoms with Crippen LogP contribution in [0.3, 0.4) is 0 Å². The SMILES string of the molecule is CN(C(=O)COc1ccc(S(=O)(=O)Cl)cc1)C1CC1. The summed E-state index contributed by atoms with van der Waals surface area (Å²) in [6.07, 6.45) is 2.09. The van der Waals surface area contributed by atoms with Crippen LogP contribution >= 0.6 is 10.7 Å². The van der Waals surface area contributed by atoms with Gasteiger partial charge in [-0.1, -0.05) is 0 Å². The first-order chi connectivity index (χ1) is 8.88. The van der Waals surface area contributed by atoms with E-state index in [1.165, 1.54) is 24.3 Å². The van der Waals surface area contributed by atoms with Crippen molar-refractivity contribution in [3.8, 4) is 5.75 Å². The second kappa shape index (κ2) is 5.38. The molecule has 0 unspecified atom stereocenters. The maximum absolute atomic E-state index is 11.7. The van der Waals surface area contributed by atoms with Crippen molar-refractivity contribution < 1.29 is 17.9 Å². The van der Waals surface area contributed by atoms with Crippen LogP contribution in [0.4, 0.5) is 0 Å². The first-order valence-corrected chi connectivity index (χ1v) is 8.12. The molecule has 0 N–H and O–H groups in total. The van der Waals surface area contributed by atoms with Crippen molar-refractivity contribution in [2.75, 3.05) is 13.7 Å². The highest BCUT2D eigenvalue weighted by Crippen LogP contribution is 2.25. The van der Waals surface area contributed by atoms with E-state index in [-0.39, 0.29) is 17.4 Å². The topological polar surface area (TPSA) is 63.7 Å². The van der Waals surface area contributed by atoms with Crippen LogP contribution in [-0.2, 0) is 13.8 Å². The molecule has 1 saturated carbocycles. The zero-order valence-corrected chi connectivity index (χ0v) is 11.9. The lowest BCUT2D eigenvalue weighted by Crippen LogP contribution is -2.33. The van der Waals surface area contributed by atoms with Crippen molar-refractivity contribution in [2.24, 2.45) is 0 Å². The molecule has 1 amide bonds. The third kappa shape index (κ3) is 3.84. The van der Waals surface area contributed by atoms with Crippen molar-refractivity contribution in [3.05, 3.63) is 24.3 Å². The summed E-state index contributed by atoms with van der Waals surface area (Å²) in [5.41, 5.74) is 0. The lowest BCUT2D eigenvalue weighted by atomic mass is 10.3. The number of amides is 1. The zero-order chi connectivity index (χ0) is 14.0. The number of nitrogens with zero attached hydrogens (tertiary/aromatic N) is 1. The Morgan fingerprint density at radius 1 is 1.37 bits per heavy atom. The van der Waals surface area contributed by atoms with Crippen LogP contribution < -0.4 is 4.74 Å². The van der Waals surface area contributed by atoms with Gasteiger partial charge in [0.25, 0.3) is 15.0 Å². The third-order valence-corrected chi connectivity index (χ3v) is 4.33. The molecule has 1 fully saturated rings. The summed E-state index contributed by atoms with van der Waals surface area (Å²) < 4.78 is 27.4. The molecular weight excluding hydrogens is 290 g/mol. The van der Waals surface area contributed by atoms with Gasteiger partial charge in [0.2, 0.25) is 0 Å². The molecule has 0 saturated heterocycles. The number of hydrogen-bond donors (Lipinski definition) is 0. The van der Waals surface area contributed by atoms with Crippen LogP contribution in [0.2, 0.25) is 0 Å². The third-order valence-electron chi connectivity index (χ3n) is 2.96. The predicted octanol–water partition coefficient (Wildman–Crippen LogP) is 1.61. The zero-order valence-electron chi connectivity index (χ0n) is 10.4. The monoisotopic (exact) mass is 303 g/mol. The fourth-order valence-electron chi connectivity index (χ4n) is 1.61. The fraction of sp³-hybridized carbons (Fsp3) is 0.417. The van der Waals surface area contributed by atoms with Gasteiger partial charge in [-0.05, 0) is 37.1 Å². The van der Waals surface area contributed by atoms with Gasteiger partial charge in [0.15, 0.2) is 6.61 Å². The van der Waals surface area contributed by atoms with Crippen LogP contribution in [0.5, 0.6) is 5.75 Å². The number of benzene rings is 1. The quantitative estimate of drug-likeness (QED) is 0.775. The maximum Gasteiger partial charge on any atom is 0.261 e. The van der Waals surface area contributed by atoms with E-state index in [0.717, 1.165) is 12.8 Å². The minimum atomic E-state index is -3.73. The maximum atomic E-state index is 11.7. The number of hydrogen-bond acceptors (Lipinski definition) is 4. The Bertz CT molecular complexity index is 566. The van der Waals surface area contributed by atoms with E-state index in [1.54, 1.807) is 11.9 Å². The standard InChI is InChI=1S/C12H14ClNO4S/c1-14(9-2-3-9)12(15)8-18-10-4-6-11(7-5-10)19(13,16)17/h4-7,9H,2-3,8H2,1H3. The van der Waals surface area contributed by atoms with Crippen molar-refractivity contribution in [1.29, 1.82) is 0 Å². The highest BCUT2D eigenvalue weighted by Gasteiger charge is 2.29. The summed E-state index contributed by atoms with van der Waals surface area (Å²) in [6.45, 7) is -0.0556. The summed E-state index contributed by atoms with van der Waals surface area (Å²) in [7, 11) is 3.22. The Morgan fingerprint density at radius 2 is 1.95 bits per heavy atom. The summed E-state index contributed by atoms with van der Waals surface area (Å²) in [6, 6.07) is 5.97. The molecule has 104 valence electrons. The molecule has 0 radical (unpaired) electrons. The Balaban J connectivity index is 1.91. The molecule has 0 heterocycles. The number of rotatable bonds is 5. The summed E-state index contributed by atoms with van der Waals surface area (Å²) in [5, 5.41) is 0. The highest BCUT2D eigenvalue weighted by molar-refractivity contribution is 8.13. The average Bonchev–Trinajstić information content (AvgIpc) is 3.18. The van der Waals surface area contributed by atoms with E-state index < -0.39 is 9.05 Å². The Morgan fingerprint density at radius 3 is 2.42 bits per heavy atom. The first kappa shape index (κ1) is 14.1. The number of ether oxygens (including phenoxy) is 1. The van der Waals surface area contributed by atoms with Crippen molar-refractivity contribution in [1.82, 2.24) is 4.90 Å². The smallest absolute Gasteiger partial charge is 0.261 e. The van der Waals surface area contributed by atoms with E-state index in [4.69, 9.17) is 15.4 Å². The molecule has 1 aliphatic carbocycles. The largest absolute Gasteiger partial charge is 0.484 e. The van der Waals surface area contributed by atoms with Gasteiger partial charge >= 0.3 is 0 Å². The van der Waals surface area contributed by atoms with E-state index in [1.807, 2.05) is 0 Å². The second-order valence-electron chi connectivity index (χ2n) is 4.43. The molecule has 19 heavy (non-hydrogen) atoms. The van der Waals surface area contributed by atoms with Crippen LogP contribution in [-0.4, -0.2) is 38.9 Å². The van der Waals surface area contributed by atoms with E-state index >= 15 is 0 Å². The molecule has 0 bridgehead atoms. The molecule has 0 aromatic heterocycles. The van der Waals surface area contributed by atoms with E-state index in [2.05, 4.69) is 0 Å². The van der Waals surface area contributed by atoms with Crippen molar-refractivity contribution in [3.63, 3.8) is 0 Å². The molecule has 0 spiro atoms. The molecular formula is C12H14ClNO4S. The Hall–Kier alpha value is -1.27. The van der Waals surface area contributed by atoms with Gasteiger partial charge in [0.05, 0.1) is 4.90 Å². The van der Waals surface area contributed by atoms with Gasteiger partial charge in [-0.3, -0.25) is 4.79 Å². The van der Waals surface area contributed by atoms with Crippen molar-refractivity contribution >= 4 is 25.6 Å². The first-order valence-electron chi connectivity index (χ1n) is 5.81. The Labute approximate surface area is 116 Å². The molecule has 5 nitrogen and oxygen atoms in total. The van der Waals surface area contributed by atoms with Gasteiger partial charge < -0.3 is 9.64 Å². The minimum absolute atomic E-state index is 0.00272. The number of carbonyl (C=O) groups is 1. The molecule has 2 rings (SSSR count). The van der Waals surface area contributed by atoms with Gasteiger partial charge in [-0.2, -0.15) is 0 Å². The van der Waals surface area contributed by atoms with Crippen LogP contribution in [0, 0.1) is 0 Å². The van der Waals surface area contributed by atoms with Crippen LogP contribution in [0.15, 0.2) is 29.2 Å². The molecule has 0 atom stereocenters. The van der Waals surface area contributed by atoms with E-state index in [0.29, 0.717) is 11.8 Å². The molecule has 7 heteroatoms. The predicted molar refractivity (Wildman–Crippen MR) is 70.8 cm³/mol. The van der Waals surface area contributed by atoms with Crippen LogP contribution in [0.25, 0.3) is 0 Å². The van der Waals surface area contributed by atoms with Crippen LogP contribution in [0.1, 0.15) is 12.8 Å². The van der Waals surface area contributed by atoms with Gasteiger partial charge in [-0.25, -0.2) is 8.42 Å². The molecule has 1 aromatic rings. The molecule has 1 aliphatic rings. The summed E-state index contributed by atoms with van der Waals surface area (Å²) in [4.78, 5) is 13.4. The molecule has 0 aliphatic heterocycles. The van der Waals surface area contributed by atoms with E-state index in [9.17, 15) is 13.2 Å². The average molecular weight is 304 g/mol. The second-order valence-corrected chi connectivity index (χ2v) is 7.00. The summed E-state index contributed by atoms with van der Waals surface area (Å²) in [5.74, 6) is 0.346. The lowest BCUT2D eigenvalue weighted by Gasteiger charge is -2.16. The number of halogens is 1. The normalized spacial score (nSPS) is 15.1. The van der Waals surface area contributed by atoms with Gasteiger partial charge in [0, 0.05) is 23.8 Å². The number of carbonyl (C=O) groups excluding carboxylic acids is 1. The lowest BCUT2D eigenvalue weighted by molar-refractivity contribution is -0.132. The molecule has 1 aromatic carbocycles. The van der Waals surface area contributed by atoms with Gasteiger partial charge in [0.1, 0.15) is 5.75 Å². The minimum Gasteiger partial charge on any atom is -0.484 e. The van der Waals surface area contributed by atoms with Crippen molar-refractivity contribution in [2.45, 2.75) is 23.8 Å². The van der Waals surface area contributed by atoms with Gasteiger partial charge in [-0.15, -0.1) is 0 Å². The number of likely N-dealkylation sites (N-methyl/N-ethyl adjacent to an activating group) is 1. The summed E-state index contributed by atoms with van der Waals surface area (Å²) >= 11 is 0.